The Labute approximate surface area is 115 Å². The predicted molar refractivity (Wildman–Crippen MR) is 78.5 cm³/mol. The molecule has 0 bridgehead atoms. The fraction of sp³-hybridized carbons (Fsp3) is 0.231. The first kappa shape index (κ1) is 12.8. The molecule has 18 heavy (non-hydrogen) atoms. The molecule has 0 saturated heterocycles. The molecule has 1 aromatic heterocycles. The van der Waals surface area contributed by atoms with Crippen molar-refractivity contribution in [1.82, 2.24) is 9.97 Å². The molecule has 4 nitrogen and oxygen atoms in total. The fourth-order valence-corrected chi connectivity index (χ4v) is 2.06. The van der Waals surface area contributed by atoms with E-state index in [-0.39, 0.29) is 0 Å². The van der Waals surface area contributed by atoms with Gasteiger partial charge in [0, 0.05) is 17.1 Å². The molecule has 2 rings (SSSR count). The topological polar surface area (TPSA) is 49.8 Å². The molecule has 0 amide bonds. The number of benzene rings is 1. The molecule has 0 atom stereocenters. The summed E-state index contributed by atoms with van der Waals surface area (Å²) >= 11 is 3.58. The lowest BCUT2D eigenvalue weighted by Gasteiger charge is -2.13. The number of rotatable bonds is 3. The highest BCUT2D eigenvalue weighted by atomic mass is 79.9. The SMILES string of the molecule is CNc1ncnc(Nc2cccc(C)c2Br)c1C. The van der Waals surface area contributed by atoms with Gasteiger partial charge in [-0.15, -0.1) is 0 Å². The zero-order valence-corrected chi connectivity index (χ0v) is 12.2. The van der Waals surface area contributed by atoms with Crippen LogP contribution in [-0.2, 0) is 0 Å². The molecule has 1 aromatic carbocycles. The van der Waals surface area contributed by atoms with Crippen LogP contribution in [0.5, 0.6) is 0 Å². The highest BCUT2D eigenvalue weighted by molar-refractivity contribution is 9.10. The molecule has 0 aliphatic heterocycles. The van der Waals surface area contributed by atoms with Crippen molar-refractivity contribution in [3.8, 4) is 0 Å². The molecule has 0 aliphatic carbocycles. The summed E-state index contributed by atoms with van der Waals surface area (Å²) in [5, 5.41) is 6.36. The van der Waals surface area contributed by atoms with E-state index in [9.17, 15) is 0 Å². The molecule has 5 heteroatoms. The molecule has 0 spiro atoms. The molecular formula is C13H15BrN4. The zero-order valence-electron chi connectivity index (χ0n) is 10.6. The second-order valence-corrected chi connectivity index (χ2v) is 4.80. The Morgan fingerprint density at radius 3 is 2.56 bits per heavy atom. The fourth-order valence-electron chi connectivity index (χ4n) is 1.70. The van der Waals surface area contributed by atoms with Gasteiger partial charge in [0.2, 0.25) is 0 Å². The Morgan fingerprint density at radius 2 is 1.83 bits per heavy atom. The minimum absolute atomic E-state index is 0.806. The standard InChI is InChI=1S/C13H15BrN4/c1-8-5-4-6-10(11(8)14)18-13-9(2)12(15-3)16-7-17-13/h4-7H,1-3H3,(H2,15,16,17,18). The maximum atomic E-state index is 4.27. The number of aryl methyl sites for hydroxylation is 1. The Morgan fingerprint density at radius 1 is 1.11 bits per heavy atom. The average Bonchev–Trinajstić information content (AvgIpc) is 2.37. The van der Waals surface area contributed by atoms with Crippen molar-refractivity contribution < 1.29 is 0 Å². The number of halogens is 1. The van der Waals surface area contributed by atoms with Gasteiger partial charge in [0.25, 0.3) is 0 Å². The molecule has 0 radical (unpaired) electrons. The first-order valence-corrected chi connectivity index (χ1v) is 6.44. The van der Waals surface area contributed by atoms with Crippen molar-refractivity contribution in [1.29, 1.82) is 0 Å². The van der Waals surface area contributed by atoms with E-state index in [0.29, 0.717) is 0 Å². The zero-order chi connectivity index (χ0) is 13.1. The molecule has 0 saturated carbocycles. The van der Waals surface area contributed by atoms with Crippen LogP contribution < -0.4 is 10.6 Å². The molecule has 2 N–H and O–H groups in total. The van der Waals surface area contributed by atoms with Gasteiger partial charge in [-0.2, -0.15) is 0 Å². The van der Waals surface area contributed by atoms with Crippen LogP contribution >= 0.6 is 15.9 Å². The molecule has 0 aliphatic rings. The lowest BCUT2D eigenvalue weighted by atomic mass is 10.2. The van der Waals surface area contributed by atoms with Crippen LogP contribution in [0.1, 0.15) is 11.1 Å². The van der Waals surface area contributed by atoms with Crippen LogP contribution in [0.25, 0.3) is 0 Å². The quantitative estimate of drug-likeness (QED) is 0.909. The molecule has 94 valence electrons. The number of aromatic nitrogens is 2. The number of anilines is 3. The minimum Gasteiger partial charge on any atom is -0.373 e. The number of nitrogens with zero attached hydrogens (tertiary/aromatic N) is 2. The average molecular weight is 307 g/mol. The van der Waals surface area contributed by atoms with Gasteiger partial charge in [-0.25, -0.2) is 9.97 Å². The number of hydrogen-bond acceptors (Lipinski definition) is 4. The van der Waals surface area contributed by atoms with Crippen molar-refractivity contribution in [2.75, 3.05) is 17.7 Å². The molecule has 2 aromatic rings. The third-order valence-electron chi connectivity index (χ3n) is 2.77. The van der Waals surface area contributed by atoms with Crippen LogP contribution in [0.3, 0.4) is 0 Å². The predicted octanol–water partition coefficient (Wildman–Crippen LogP) is 3.64. The lowest BCUT2D eigenvalue weighted by Crippen LogP contribution is -2.03. The maximum Gasteiger partial charge on any atom is 0.138 e. The summed E-state index contributed by atoms with van der Waals surface area (Å²) in [5.41, 5.74) is 3.17. The normalized spacial score (nSPS) is 10.2. The third-order valence-corrected chi connectivity index (χ3v) is 3.82. The van der Waals surface area contributed by atoms with Crippen molar-refractivity contribution in [3.05, 3.63) is 40.1 Å². The van der Waals surface area contributed by atoms with Gasteiger partial charge in [-0.1, -0.05) is 12.1 Å². The molecule has 0 fully saturated rings. The second kappa shape index (κ2) is 5.35. The Kier molecular flexibility index (Phi) is 3.81. The Balaban J connectivity index is 2.37. The maximum absolute atomic E-state index is 4.27. The highest BCUT2D eigenvalue weighted by Gasteiger charge is 2.08. The molecular weight excluding hydrogens is 292 g/mol. The van der Waals surface area contributed by atoms with Gasteiger partial charge in [-0.3, -0.25) is 0 Å². The highest BCUT2D eigenvalue weighted by Crippen LogP contribution is 2.29. The summed E-state index contributed by atoms with van der Waals surface area (Å²) in [6.07, 6.45) is 1.55. The second-order valence-electron chi connectivity index (χ2n) is 4.01. The van der Waals surface area contributed by atoms with Crippen LogP contribution in [0.2, 0.25) is 0 Å². The summed E-state index contributed by atoms with van der Waals surface area (Å²) in [7, 11) is 1.85. The van der Waals surface area contributed by atoms with Gasteiger partial charge in [0.05, 0.1) is 5.69 Å². The van der Waals surface area contributed by atoms with Gasteiger partial charge >= 0.3 is 0 Å². The van der Waals surface area contributed by atoms with Crippen molar-refractivity contribution in [3.63, 3.8) is 0 Å². The lowest BCUT2D eigenvalue weighted by molar-refractivity contribution is 1.12. The van der Waals surface area contributed by atoms with Crippen LogP contribution in [0.4, 0.5) is 17.3 Å². The van der Waals surface area contributed by atoms with Crippen molar-refractivity contribution in [2.45, 2.75) is 13.8 Å². The van der Waals surface area contributed by atoms with Gasteiger partial charge in [-0.05, 0) is 41.4 Å². The third kappa shape index (κ3) is 2.46. The van der Waals surface area contributed by atoms with E-state index in [0.717, 1.165) is 27.4 Å². The van der Waals surface area contributed by atoms with Crippen molar-refractivity contribution >= 4 is 33.3 Å². The Bertz CT molecular complexity index is 569. The van der Waals surface area contributed by atoms with E-state index >= 15 is 0 Å². The number of nitrogens with one attached hydrogen (secondary N) is 2. The monoisotopic (exact) mass is 306 g/mol. The van der Waals surface area contributed by atoms with E-state index in [1.54, 1.807) is 6.33 Å². The summed E-state index contributed by atoms with van der Waals surface area (Å²) < 4.78 is 1.05. The van der Waals surface area contributed by atoms with Gasteiger partial charge < -0.3 is 10.6 Å². The van der Waals surface area contributed by atoms with E-state index in [1.165, 1.54) is 5.56 Å². The van der Waals surface area contributed by atoms with E-state index in [1.807, 2.05) is 26.1 Å². The van der Waals surface area contributed by atoms with Gasteiger partial charge in [0.1, 0.15) is 18.0 Å². The first-order chi connectivity index (χ1) is 8.63. The van der Waals surface area contributed by atoms with Crippen LogP contribution in [0.15, 0.2) is 29.0 Å². The summed E-state index contributed by atoms with van der Waals surface area (Å²) in [6, 6.07) is 6.08. The summed E-state index contributed by atoms with van der Waals surface area (Å²) in [4.78, 5) is 8.43. The molecule has 0 unspecified atom stereocenters. The van der Waals surface area contributed by atoms with E-state index in [2.05, 4.69) is 49.5 Å². The minimum atomic E-state index is 0.806. The smallest absolute Gasteiger partial charge is 0.138 e. The summed E-state index contributed by atoms with van der Waals surface area (Å²) in [5.74, 6) is 1.64. The van der Waals surface area contributed by atoms with Crippen molar-refractivity contribution in [2.24, 2.45) is 0 Å². The summed E-state index contributed by atoms with van der Waals surface area (Å²) in [6.45, 7) is 4.04. The van der Waals surface area contributed by atoms with E-state index < -0.39 is 0 Å². The Hall–Kier alpha value is -1.62. The van der Waals surface area contributed by atoms with Gasteiger partial charge in [0.15, 0.2) is 0 Å². The van der Waals surface area contributed by atoms with Crippen LogP contribution in [-0.4, -0.2) is 17.0 Å². The first-order valence-electron chi connectivity index (χ1n) is 5.65. The van der Waals surface area contributed by atoms with Crippen LogP contribution in [0, 0.1) is 13.8 Å². The number of hydrogen-bond donors (Lipinski definition) is 2. The largest absolute Gasteiger partial charge is 0.373 e. The molecule has 1 heterocycles. The van der Waals surface area contributed by atoms with E-state index in [4.69, 9.17) is 0 Å².